The summed E-state index contributed by atoms with van der Waals surface area (Å²) in [6.45, 7) is 7.96. The topological polar surface area (TPSA) is 30.5 Å². The third-order valence-corrected chi connectivity index (χ3v) is 2.82. The van der Waals surface area contributed by atoms with E-state index < -0.39 is 0 Å². The Morgan fingerprint density at radius 3 is 2.47 bits per heavy atom. The molecule has 17 heavy (non-hydrogen) atoms. The maximum absolute atomic E-state index is 5.42. The number of benzene rings is 1. The molecule has 0 heterocycles. The van der Waals surface area contributed by atoms with E-state index in [4.69, 9.17) is 9.47 Å². The molecule has 1 aromatic rings. The molecule has 0 aliphatic rings. The number of ether oxygens (including phenoxy) is 2. The van der Waals surface area contributed by atoms with E-state index >= 15 is 0 Å². The van der Waals surface area contributed by atoms with Crippen LogP contribution in [0.25, 0.3) is 0 Å². The van der Waals surface area contributed by atoms with Crippen LogP contribution >= 0.6 is 0 Å². The predicted octanol–water partition coefficient (Wildman–Crippen LogP) is 3.19. The molecule has 0 saturated heterocycles. The number of hydrogen-bond donors (Lipinski definition) is 1. The van der Waals surface area contributed by atoms with Crippen LogP contribution in [0.15, 0.2) is 12.1 Å². The third-order valence-electron chi connectivity index (χ3n) is 2.82. The van der Waals surface area contributed by atoms with Gasteiger partial charge < -0.3 is 14.8 Å². The molecule has 0 spiro atoms. The lowest BCUT2D eigenvalue weighted by molar-refractivity contribution is 0.211. The van der Waals surface area contributed by atoms with Crippen LogP contribution in [0.2, 0.25) is 0 Å². The molecule has 0 fully saturated rings. The molecule has 3 nitrogen and oxygen atoms in total. The number of anilines is 1. The van der Waals surface area contributed by atoms with Gasteiger partial charge in [-0.2, -0.15) is 0 Å². The van der Waals surface area contributed by atoms with E-state index in [-0.39, 0.29) is 0 Å². The van der Waals surface area contributed by atoms with Crippen LogP contribution in [0, 0.1) is 6.92 Å². The van der Waals surface area contributed by atoms with Gasteiger partial charge in [0.15, 0.2) is 0 Å². The molecule has 0 aliphatic heterocycles. The zero-order chi connectivity index (χ0) is 12.8. The Labute approximate surface area is 104 Å². The molecule has 0 saturated carbocycles. The fourth-order valence-electron chi connectivity index (χ4n) is 1.80. The van der Waals surface area contributed by atoms with E-state index in [9.17, 15) is 0 Å². The van der Waals surface area contributed by atoms with Gasteiger partial charge in [0.25, 0.3) is 0 Å². The highest BCUT2D eigenvalue weighted by atomic mass is 16.5. The Hall–Kier alpha value is -1.22. The van der Waals surface area contributed by atoms with Crippen LogP contribution in [0.5, 0.6) is 5.75 Å². The summed E-state index contributed by atoms with van der Waals surface area (Å²) >= 11 is 0. The van der Waals surface area contributed by atoms with Crippen LogP contribution in [-0.4, -0.2) is 27.4 Å². The third kappa shape index (κ3) is 3.63. The standard InChI is InChI=1S/C14H23NO2/c1-10(2)12-9-13(15-6-7-16-4)11(3)8-14(12)17-5/h8-10,15H,6-7H2,1-5H3. The van der Waals surface area contributed by atoms with E-state index in [2.05, 4.69) is 38.2 Å². The van der Waals surface area contributed by atoms with Crippen LogP contribution in [0.1, 0.15) is 30.9 Å². The van der Waals surface area contributed by atoms with Gasteiger partial charge in [0.05, 0.1) is 13.7 Å². The maximum Gasteiger partial charge on any atom is 0.122 e. The molecule has 0 bridgehead atoms. The van der Waals surface area contributed by atoms with Gasteiger partial charge in [-0.15, -0.1) is 0 Å². The van der Waals surface area contributed by atoms with Gasteiger partial charge in [0.1, 0.15) is 5.75 Å². The summed E-state index contributed by atoms with van der Waals surface area (Å²) in [4.78, 5) is 0. The van der Waals surface area contributed by atoms with Crippen LogP contribution in [0.3, 0.4) is 0 Å². The number of hydrogen-bond acceptors (Lipinski definition) is 3. The summed E-state index contributed by atoms with van der Waals surface area (Å²) in [6, 6.07) is 4.26. The zero-order valence-corrected chi connectivity index (χ0v) is 11.5. The van der Waals surface area contributed by atoms with Gasteiger partial charge in [-0.3, -0.25) is 0 Å². The molecule has 1 aromatic carbocycles. The Bertz CT molecular complexity index is 361. The SMILES string of the molecule is COCCNc1cc(C(C)C)c(OC)cc1C. The van der Waals surface area contributed by atoms with Crippen LogP contribution < -0.4 is 10.1 Å². The molecule has 0 radical (unpaired) electrons. The highest BCUT2D eigenvalue weighted by molar-refractivity contribution is 5.58. The first-order valence-electron chi connectivity index (χ1n) is 6.01. The van der Waals surface area contributed by atoms with Crippen molar-refractivity contribution in [2.24, 2.45) is 0 Å². The molecular formula is C14H23NO2. The molecule has 0 unspecified atom stereocenters. The molecular weight excluding hydrogens is 214 g/mol. The lowest BCUT2D eigenvalue weighted by Gasteiger charge is -2.17. The molecule has 3 heteroatoms. The lowest BCUT2D eigenvalue weighted by Crippen LogP contribution is -2.09. The smallest absolute Gasteiger partial charge is 0.122 e. The largest absolute Gasteiger partial charge is 0.496 e. The van der Waals surface area contributed by atoms with Crippen molar-refractivity contribution in [3.05, 3.63) is 23.3 Å². The summed E-state index contributed by atoms with van der Waals surface area (Å²) < 4.78 is 10.5. The predicted molar refractivity (Wildman–Crippen MR) is 72.2 cm³/mol. The minimum Gasteiger partial charge on any atom is -0.496 e. The normalized spacial score (nSPS) is 10.7. The number of aryl methyl sites for hydroxylation is 1. The van der Waals surface area contributed by atoms with Crippen molar-refractivity contribution < 1.29 is 9.47 Å². The van der Waals surface area contributed by atoms with Crippen LogP contribution in [-0.2, 0) is 4.74 Å². The average Bonchev–Trinajstić information content (AvgIpc) is 2.30. The quantitative estimate of drug-likeness (QED) is 0.771. The van der Waals surface area contributed by atoms with Gasteiger partial charge in [-0.25, -0.2) is 0 Å². The second-order valence-corrected chi connectivity index (χ2v) is 4.48. The average molecular weight is 237 g/mol. The number of methoxy groups -OCH3 is 2. The summed E-state index contributed by atoms with van der Waals surface area (Å²) in [5.41, 5.74) is 3.59. The summed E-state index contributed by atoms with van der Waals surface area (Å²) in [5.74, 6) is 1.42. The van der Waals surface area contributed by atoms with E-state index in [1.807, 2.05) is 0 Å². The number of nitrogens with one attached hydrogen (secondary N) is 1. The Kier molecular flexibility index (Phi) is 5.29. The summed E-state index contributed by atoms with van der Waals surface area (Å²) in [5, 5.41) is 3.38. The van der Waals surface area contributed by atoms with E-state index in [1.54, 1.807) is 14.2 Å². The van der Waals surface area contributed by atoms with Crippen LogP contribution in [0.4, 0.5) is 5.69 Å². The van der Waals surface area contributed by atoms with Crippen molar-refractivity contribution in [3.8, 4) is 5.75 Å². The van der Waals surface area contributed by atoms with E-state index in [0.717, 1.165) is 18.0 Å². The summed E-state index contributed by atoms with van der Waals surface area (Å²) in [6.07, 6.45) is 0. The van der Waals surface area contributed by atoms with Gasteiger partial charge >= 0.3 is 0 Å². The summed E-state index contributed by atoms with van der Waals surface area (Å²) in [7, 11) is 3.43. The minimum atomic E-state index is 0.452. The Balaban J connectivity index is 2.94. The van der Waals surface area contributed by atoms with Crippen molar-refractivity contribution in [1.82, 2.24) is 0 Å². The maximum atomic E-state index is 5.42. The molecule has 0 amide bonds. The van der Waals surface area contributed by atoms with Crippen molar-refractivity contribution >= 4 is 5.69 Å². The van der Waals surface area contributed by atoms with Gasteiger partial charge in [0, 0.05) is 19.3 Å². The van der Waals surface area contributed by atoms with Crippen molar-refractivity contribution in [2.45, 2.75) is 26.7 Å². The molecule has 0 atom stereocenters. The zero-order valence-electron chi connectivity index (χ0n) is 11.5. The highest BCUT2D eigenvalue weighted by Crippen LogP contribution is 2.31. The lowest BCUT2D eigenvalue weighted by atomic mass is 9.99. The van der Waals surface area contributed by atoms with Gasteiger partial charge in [-0.05, 0) is 36.1 Å². The molecule has 96 valence electrons. The second-order valence-electron chi connectivity index (χ2n) is 4.48. The van der Waals surface area contributed by atoms with Crippen molar-refractivity contribution in [2.75, 3.05) is 32.7 Å². The first-order chi connectivity index (χ1) is 8.10. The van der Waals surface area contributed by atoms with Crippen molar-refractivity contribution in [1.29, 1.82) is 0 Å². The van der Waals surface area contributed by atoms with Gasteiger partial charge in [-0.1, -0.05) is 13.8 Å². The fraction of sp³-hybridized carbons (Fsp3) is 0.571. The first-order valence-corrected chi connectivity index (χ1v) is 6.01. The van der Waals surface area contributed by atoms with E-state index in [0.29, 0.717) is 12.5 Å². The van der Waals surface area contributed by atoms with Crippen molar-refractivity contribution in [3.63, 3.8) is 0 Å². The van der Waals surface area contributed by atoms with Gasteiger partial charge in [0.2, 0.25) is 0 Å². The van der Waals surface area contributed by atoms with E-state index in [1.165, 1.54) is 11.1 Å². The molecule has 1 rings (SSSR count). The minimum absolute atomic E-state index is 0.452. The highest BCUT2D eigenvalue weighted by Gasteiger charge is 2.10. The Morgan fingerprint density at radius 1 is 1.24 bits per heavy atom. The fourth-order valence-corrected chi connectivity index (χ4v) is 1.80. The second kappa shape index (κ2) is 6.50. The molecule has 0 aromatic heterocycles. The monoisotopic (exact) mass is 237 g/mol. The first kappa shape index (κ1) is 13.8. The molecule has 1 N–H and O–H groups in total. The number of rotatable bonds is 6. The molecule has 0 aliphatic carbocycles. The Morgan fingerprint density at radius 2 is 1.94 bits per heavy atom.